The average Bonchev–Trinajstić information content (AvgIpc) is 2.95. The molecule has 5 nitrogen and oxygen atoms in total. The van der Waals surface area contributed by atoms with Gasteiger partial charge in [0.1, 0.15) is 16.5 Å². The van der Waals surface area contributed by atoms with Gasteiger partial charge in [-0.3, -0.25) is 4.68 Å². The number of hydrogen-bond donors (Lipinski definition) is 0. The zero-order chi connectivity index (χ0) is 13.6. The summed E-state index contributed by atoms with van der Waals surface area (Å²) in [7, 11) is 1.89. The first-order valence-electron chi connectivity index (χ1n) is 6.09. The molecule has 3 rings (SSSR count). The Kier molecular flexibility index (Phi) is 2.78. The van der Waals surface area contributed by atoms with Crippen LogP contribution in [0.15, 0.2) is 24.8 Å². The lowest BCUT2D eigenvalue weighted by Crippen LogP contribution is -1.95. The fraction of sp³-hybridized carbons (Fsp3) is 0.308. The van der Waals surface area contributed by atoms with Gasteiger partial charge in [0.05, 0.1) is 17.2 Å². The summed E-state index contributed by atoms with van der Waals surface area (Å²) in [6.07, 6.45) is 5.48. The first-order valence-corrected chi connectivity index (χ1v) is 6.46. The highest BCUT2D eigenvalue weighted by atomic mass is 35.5. The van der Waals surface area contributed by atoms with Crippen molar-refractivity contribution in [3.8, 4) is 11.4 Å². The Morgan fingerprint density at radius 1 is 1.26 bits per heavy atom. The number of aromatic nitrogens is 5. The summed E-state index contributed by atoms with van der Waals surface area (Å²) in [5, 5.41) is 5.82. The number of aryl methyl sites for hydroxylation is 1. The SMILES string of the molecule is CC(C)n1cnc(-c2nn(C)c3ccnc(Cl)c23)c1. The highest BCUT2D eigenvalue weighted by Gasteiger charge is 2.16. The molecule has 19 heavy (non-hydrogen) atoms. The third-order valence-corrected chi connectivity index (χ3v) is 3.45. The molecule has 0 aliphatic rings. The minimum Gasteiger partial charge on any atom is -0.334 e. The summed E-state index contributed by atoms with van der Waals surface area (Å²) in [6, 6.07) is 2.27. The molecule has 0 saturated heterocycles. The monoisotopic (exact) mass is 275 g/mol. The van der Waals surface area contributed by atoms with Gasteiger partial charge in [0, 0.05) is 25.5 Å². The number of fused-ring (bicyclic) bond motifs is 1. The summed E-state index contributed by atoms with van der Waals surface area (Å²) in [6.45, 7) is 4.22. The molecule has 0 bridgehead atoms. The molecule has 3 heterocycles. The van der Waals surface area contributed by atoms with Crippen LogP contribution in [-0.2, 0) is 7.05 Å². The minimum absolute atomic E-state index is 0.366. The van der Waals surface area contributed by atoms with Crippen molar-refractivity contribution in [3.63, 3.8) is 0 Å². The Morgan fingerprint density at radius 2 is 2.05 bits per heavy atom. The average molecular weight is 276 g/mol. The molecule has 3 aromatic rings. The van der Waals surface area contributed by atoms with Crippen molar-refractivity contribution < 1.29 is 0 Å². The smallest absolute Gasteiger partial charge is 0.140 e. The maximum absolute atomic E-state index is 6.20. The Balaban J connectivity index is 2.24. The molecular weight excluding hydrogens is 262 g/mol. The molecule has 98 valence electrons. The molecular formula is C13H14ClN5. The third kappa shape index (κ3) is 1.90. The normalized spacial score (nSPS) is 11.6. The largest absolute Gasteiger partial charge is 0.334 e. The van der Waals surface area contributed by atoms with Gasteiger partial charge in [0.25, 0.3) is 0 Å². The first kappa shape index (κ1) is 12.2. The van der Waals surface area contributed by atoms with Crippen LogP contribution in [0, 0.1) is 0 Å². The molecule has 0 aliphatic heterocycles. The van der Waals surface area contributed by atoms with E-state index in [1.807, 2.05) is 30.2 Å². The molecule has 0 atom stereocenters. The summed E-state index contributed by atoms with van der Waals surface area (Å²) in [4.78, 5) is 8.54. The zero-order valence-electron chi connectivity index (χ0n) is 11.0. The first-order chi connectivity index (χ1) is 9.08. The maximum atomic E-state index is 6.20. The van der Waals surface area contributed by atoms with Gasteiger partial charge in [0.15, 0.2) is 0 Å². The number of nitrogens with zero attached hydrogens (tertiary/aromatic N) is 5. The molecule has 0 amide bonds. The van der Waals surface area contributed by atoms with E-state index in [1.54, 1.807) is 10.9 Å². The van der Waals surface area contributed by atoms with Gasteiger partial charge in [-0.15, -0.1) is 0 Å². The van der Waals surface area contributed by atoms with Gasteiger partial charge in [-0.25, -0.2) is 9.97 Å². The van der Waals surface area contributed by atoms with Crippen LogP contribution in [-0.4, -0.2) is 24.3 Å². The summed E-state index contributed by atoms with van der Waals surface area (Å²) in [5.74, 6) is 0. The van der Waals surface area contributed by atoms with Gasteiger partial charge < -0.3 is 4.57 Å². The molecule has 0 N–H and O–H groups in total. The lowest BCUT2D eigenvalue weighted by molar-refractivity contribution is 0.600. The van der Waals surface area contributed by atoms with E-state index in [0.717, 1.165) is 22.3 Å². The standard InChI is InChI=1S/C13H14ClN5/c1-8(2)19-6-9(16-7-19)12-11-10(18(3)17-12)4-5-15-13(11)14/h4-8H,1-3H3. The van der Waals surface area contributed by atoms with Gasteiger partial charge in [-0.05, 0) is 19.9 Å². The summed E-state index contributed by atoms with van der Waals surface area (Å²) < 4.78 is 3.84. The Labute approximate surface area is 115 Å². The molecule has 0 radical (unpaired) electrons. The molecule has 0 fully saturated rings. The third-order valence-electron chi connectivity index (χ3n) is 3.16. The molecule has 0 aliphatic carbocycles. The van der Waals surface area contributed by atoms with Gasteiger partial charge in [-0.1, -0.05) is 11.6 Å². The van der Waals surface area contributed by atoms with E-state index in [2.05, 4.69) is 28.9 Å². The van der Waals surface area contributed by atoms with Crippen molar-refractivity contribution in [1.29, 1.82) is 0 Å². The van der Waals surface area contributed by atoms with E-state index in [-0.39, 0.29) is 0 Å². The lowest BCUT2D eigenvalue weighted by atomic mass is 10.2. The Hall–Kier alpha value is -1.88. The van der Waals surface area contributed by atoms with E-state index in [0.29, 0.717) is 11.2 Å². The lowest BCUT2D eigenvalue weighted by Gasteiger charge is -2.03. The molecule has 0 aromatic carbocycles. The van der Waals surface area contributed by atoms with Crippen molar-refractivity contribution in [1.82, 2.24) is 24.3 Å². The Bertz CT molecular complexity index is 741. The summed E-state index contributed by atoms with van der Waals surface area (Å²) in [5.41, 5.74) is 2.54. The topological polar surface area (TPSA) is 48.5 Å². The number of rotatable bonds is 2. The van der Waals surface area contributed by atoms with E-state index in [4.69, 9.17) is 11.6 Å². The van der Waals surface area contributed by atoms with Crippen molar-refractivity contribution in [2.75, 3.05) is 0 Å². The van der Waals surface area contributed by atoms with Crippen molar-refractivity contribution >= 4 is 22.5 Å². The highest BCUT2D eigenvalue weighted by Crippen LogP contribution is 2.30. The van der Waals surface area contributed by atoms with Crippen LogP contribution in [0.3, 0.4) is 0 Å². The number of imidazole rings is 1. The number of hydrogen-bond acceptors (Lipinski definition) is 3. The van der Waals surface area contributed by atoms with Gasteiger partial charge >= 0.3 is 0 Å². The van der Waals surface area contributed by atoms with E-state index >= 15 is 0 Å². The highest BCUT2D eigenvalue weighted by molar-refractivity contribution is 6.35. The van der Waals surface area contributed by atoms with Crippen molar-refractivity contribution in [2.24, 2.45) is 7.05 Å². The second-order valence-corrected chi connectivity index (χ2v) is 5.13. The van der Waals surface area contributed by atoms with Crippen LogP contribution in [0.2, 0.25) is 5.15 Å². The second-order valence-electron chi connectivity index (χ2n) is 4.77. The van der Waals surface area contributed by atoms with Crippen LogP contribution < -0.4 is 0 Å². The van der Waals surface area contributed by atoms with Crippen LogP contribution >= 0.6 is 11.6 Å². The molecule has 6 heteroatoms. The van der Waals surface area contributed by atoms with Crippen molar-refractivity contribution in [2.45, 2.75) is 19.9 Å². The molecule has 0 spiro atoms. The van der Waals surface area contributed by atoms with Gasteiger partial charge in [-0.2, -0.15) is 5.10 Å². The number of halogens is 1. The van der Waals surface area contributed by atoms with Gasteiger partial charge in [0.2, 0.25) is 0 Å². The Morgan fingerprint density at radius 3 is 2.74 bits per heavy atom. The summed E-state index contributed by atoms with van der Waals surface area (Å²) >= 11 is 6.20. The number of pyridine rings is 1. The fourth-order valence-corrected chi connectivity index (χ4v) is 2.33. The van der Waals surface area contributed by atoms with E-state index in [9.17, 15) is 0 Å². The van der Waals surface area contributed by atoms with Crippen molar-refractivity contribution in [3.05, 3.63) is 29.9 Å². The maximum Gasteiger partial charge on any atom is 0.140 e. The van der Waals surface area contributed by atoms with Crippen LogP contribution in [0.1, 0.15) is 19.9 Å². The van der Waals surface area contributed by atoms with Crippen LogP contribution in [0.4, 0.5) is 0 Å². The van der Waals surface area contributed by atoms with E-state index < -0.39 is 0 Å². The fourth-order valence-electron chi connectivity index (χ4n) is 2.09. The minimum atomic E-state index is 0.366. The van der Waals surface area contributed by atoms with E-state index in [1.165, 1.54) is 0 Å². The quantitative estimate of drug-likeness (QED) is 0.675. The second kappa shape index (κ2) is 4.35. The van der Waals surface area contributed by atoms with Crippen LogP contribution in [0.5, 0.6) is 0 Å². The molecule has 0 saturated carbocycles. The van der Waals surface area contributed by atoms with Crippen LogP contribution in [0.25, 0.3) is 22.3 Å². The molecule has 3 aromatic heterocycles. The molecule has 0 unspecified atom stereocenters. The predicted octanol–water partition coefficient (Wildman–Crippen LogP) is 3.07. The predicted molar refractivity (Wildman–Crippen MR) is 75.1 cm³/mol. The zero-order valence-corrected chi connectivity index (χ0v) is 11.8.